The number of nitrogens with two attached hydrogens (primary N) is 2. The fourth-order valence-electron chi connectivity index (χ4n) is 3.80. The summed E-state index contributed by atoms with van der Waals surface area (Å²) >= 11 is 0. The molecule has 1 aromatic carbocycles. The number of carbonyl (C=O) groups is 4. The Balaban J connectivity index is 2.15. The van der Waals surface area contributed by atoms with Gasteiger partial charge in [-0.1, -0.05) is 6.07 Å². The highest BCUT2D eigenvalue weighted by Gasteiger charge is 2.21. The number of amides is 4. The van der Waals surface area contributed by atoms with E-state index in [0.717, 1.165) is 57.8 Å². The summed E-state index contributed by atoms with van der Waals surface area (Å²) in [7, 11) is 0. The van der Waals surface area contributed by atoms with Crippen LogP contribution in [0.2, 0.25) is 0 Å². The molecule has 1 atom stereocenters. The zero-order valence-electron chi connectivity index (χ0n) is 23.3. The van der Waals surface area contributed by atoms with Crippen molar-refractivity contribution in [2.75, 3.05) is 52.4 Å². The first kappa shape index (κ1) is 34.6. The van der Waals surface area contributed by atoms with Crippen molar-refractivity contribution in [3.8, 4) is 11.5 Å². The molecule has 0 saturated heterocycles. The van der Waals surface area contributed by atoms with Crippen molar-refractivity contribution in [1.29, 1.82) is 0 Å². The summed E-state index contributed by atoms with van der Waals surface area (Å²) in [5, 5.41) is 33.8. The minimum Gasteiger partial charge on any atom is -0.508 e. The fourth-order valence-corrected chi connectivity index (χ4v) is 3.80. The molecule has 0 heterocycles. The number of hydrogen-bond donors (Lipinski definition) is 9. The molecule has 13 nitrogen and oxygen atoms in total. The molecule has 11 N–H and O–H groups in total. The van der Waals surface area contributed by atoms with Crippen molar-refractivity contribution in [2.24, 2.45) is 17.4 Å². The first-order valence-corrected chi connectivity index (χ1v) is 13.9. The van der Waals surface area contributed by atoms with Gasteiger partial charge in [-0.25, -0.2) is 0 Å². The van der Waals surface area contributed by atoms with Crippen molar-refractivity contribution in [1.82, 2.24) is 26.6 Å². The highest BCUT2D eigenvalue weighted by atomic mass is 16.3. The molecule has 0 aliphatic rings. The molecule has 0 aliphatic heterocycles. The SMILES string of the molecule is NCCCNCCCCNCC(=O)NCCCCCNC(=O)C(CNC(=O)Cc1ccc(O)cc1O)CC(N)=O. The summed E-state index contributed by atoms with van der Waals surface area (Å²) in [4.78, 5) is 48.1. The van der Waals surface area contributed by atoms with E-state index in [-0.39, 0.29) is 43.3 Å². The van der Waals surface area contributed by atoms with Crippen molar-refractivity contribution < 1.29 is 29.4 Å². The second-order valence-electron chi connectivity index (χ2n) is 9.64. The Morgan fingerprint density at radius 1 is 0.775 bits per heavy atom. The van der Waals surface area contributed by atoms with Crippen LogP contribution in [0.15, 0.2) is 18.2 Å². The lowest BCUT2D eigenvalue weighted by molar-refractivity contribution is -0.129. The van der Waals surface area contributed by atoms with Crippen molar-refractivity contribution in [3.05, 3.63) is 23.8 Å². The number of benzene rings is 1. The third-order valence-corrected chi connectivity index (χ3v) is 6.06. The molecule has 0 fully saturated rings. The van der Waals surface area contributed by atoms with Crippen molar-refractivity contribution in [3.63, 3.8) is 0 Å². The van der Waals surface area contributed by atoms with E-state index in [4.69, 9.17) is 11.5 Å². The summed E-state index contributed by atoms with van der Waals surface area (Å²) in [5.41, 5.74) is 11.0. The van der Waals surface area contributed by atoms with Gasteiger partial charge in [-0.05, 0) is 70.8 Å². The topological polar surface area (TPSA) is 221 Å². The van der Waals surface area contributed by atoms with E-state index in [1.807, 2.05) is 0 Å². The molecule has 0 aromatic heterocycles. The van der Waals surface area contributed by atoms with Gasteiger partial charge in [0.25, 0.3) is 0 Å². The Hall–Kier alpha value is -3.42. The maximum Gasteiger partial charge on any atom is 0.233 e. The molecule has 1 unspecified atom stereocenters. The molecular formula is C27H47N7O6. The molecule has 0 radical (unpaired) electrons. The van der Waals surface area contributed by atoms with Gasteiger partial charge >= 0.3 is 0 Å². The van der Waals surface area contributed by atoms with Crippen molar-refractivity contribution >= 4 is 23.6 Å². The van der Waals surface area contributed by atoms with Gasteiger partial charge in [-0.15, -0.1) is 0 Å². The van der Waals surface area contributed by atoms with Gasteiger partial charge in [-0.3, -0.25) is 19.2 Å². The second kappa shape index (κ2) is 21.4. The second-order valence-corrected chi connectivity index (χ2v) is 9.64. The molecule has 1 rings (SSSR count). The number of primary amides is 1. The monoisotopic (exact) mass is 565 g/mol. The van der Waals surface area contributed by atoms with Gasteiger partial charge in [0, 0.05) is 37.7 Å². The van der Waals surface area contributed by atoms with Gasteiger partial charge in [-0.2, -0.15) is 0 Å². The third-order valence-electron chi connectivity index (χ3n) is 6.06. The zero-order chi connectivity index (χ0) is 29.6. The van der Waals surface area contributed by atoms with Crippen LogP contribution in [-0.2, 0) is 25.6 Å². The van der Waals surface area contributed by atoms with Crippen LogP contribution in [0.3, 0.4) is 0 Å². The van der Waals surface area contributed by atoms with E-state index in [0.29, 0.717) is 31.6 Å². The first-order valence-electron chi connectivity index (χ1n) is 13.9. The summed E-state index contributed by atoms with van der Waals surface area (Å²) in [5.74, 6) is -2.72. The van der Waals surface area contributed by atoms with Crippen LogP contribution in [0, 0.1) is 5.92 Å². The Kier molecular flexibility index (Phi) is 18.5. The number of unbranched alkanes of at least 4 members (excludes halogenated alkanes) is 3. The smallest absolute Gasteiger partial charge is 0.233 e. The predicted molar refractivity (Wildman–Crippen MR) is 152 cm³/mol. The summed E-state index contributed by atoms with van der Waals surface area (Å²) < 4.78 is 0. The first-order chi connectivity index (χ1) is 19.2. The molecule has 0 saturated carbocycles. The largest absolute Gasteiger partial charge is 0.508 e. The van der Waals surface area contributed by atoms with E-state index in [1.165, 1.54) is 12.1 Å². The number of nitrogens with one attached hydrogen (secondary N) is 5. The van der Waals surface area contributed by atoms with Gasteiger partial charge in [0.1, 0.15) is 11.5 Å². The van der Waals surface area contributed by atoms with Gasteiger partial charge in [0.15, 0.2) is 0 Å². The minimum atomic E-state index is -0.825. The summed E-state index contributed by atoms with van der Waals surface area (Å²) in [6.07, 6.45) is 4.88. The number of phenolic OH excluding ortho intramolecular Hbond substituents is 2. The number of rotatable bonds is 23. The van der Waals surface area contributed by atoms with E-state index in [9.17, 15) is 29.4 Å². The lowest BCUT2D eigenvalue weighted by Crippen LogP contribution is -2.41. The Labute approximate surface area is 236 Å². The van der Waals surface area contributed by atoms with Gasteiger partial charge in [0.2, 0.25) is 23.6 Å². The van der Waals surface area contributed by atoms with E-state index < -0.39 is 23.6 Å². The molecule has 40 heavy (non-hydrogen) atoms. The van der Waals surface area contributed by atoms with Crippen LogP contribution in [-0.4, -0.2) is 86.2 Å². The van der Waals surface area contributed by atoms with Crippen LogP contribution in [0.5, 0.6) is 11.5 Å². The molecule has 1 aromatic rings. The van der Waals surface area contributed by atoms with Crippen LogP contribution in [0.25, 0.3) is 0 Å². The van der Waals surface area contributed by atoms with E-state index >= 15 is 0 Å². The molecule has 13 heteroatoms. The standard InChI is InChI=1S/C27H47N7O6/c28-9-6-12-30-10-4-5-11-31-19-26(39)32-13-2-1-3-14-33-27(40)21(15-24(29)37)18-34-25(38)16-20-7-8-22(35)17-23(20)36/h7-8,17,21,30-31,35-36H,1-6,9-16,18-19,28H2,(H2,29,37)(H,32,39)(H,33,40)(H,34,38). The van der Waals surface area contributed by atoms with E-state index in [1.54, 1.807) is 0 Å². The van der Waals surface area contributed by atoms with Crippen LogP contribution in [0.4, 0.5) is 0 Å². The number of carbonyl (C=O) groups excluding carboxylic acids is 4. The predicted octanol–water partition coefficient (Wildman–Crippen LogP) is -1.04. The lowest BCUT2D eigenvalue weighted by Gasteiger charge is -2.16. The summed E-state index contributed by atoms with van der Waals surface area (Å²) in [6.45, 7) is 4.50. The van der Waals surface area contributed by atoms with Gasteiger partial charge < -0.3 is 48.3 Å². The molecule has 4 amide bonds. The Morgan fingerprint density at radius 3 is 2.10 bits per heavy atom. The summed E-state index contributed by atoms with van der Waals surface area (Å²) in [6, 6.07) is 3.91. The number of phenols is 2. The maximum absolute atomic E-state index is 12.5. The molecular weight excluding hydrogens is 518 g/mol. The van der Waals surface area contributed by atoms with Crippen molar-refractivity contribution in [2.45, 2.75) is 51.4 Å². The lowest BCUT2D eigenvalue weighted by atomic mass is 10.0. The average molecular weight is 566 g/mol. The average Bonchev–Trinajstić information content (AvgIpc) is 2.90. The highest BCUT2D eigenvalue weighted by molar-refractivity contribution is 5.86. The molecule has 226 valence electrons. The minimum absolute atomic E-state index is 0.0497. The third kappa shape index (κ3) is 17.2. The number of aromatic hydroxyl groups is 2. The van der Waals surface area contributed by atoms with Gasteiger partial charge in [0.05, 0.1) is 18.9 Å². The molecule has 0 aliphatic carbocycles. The quantitative estimate of drug-likeness (QED) is 0.0738. The van der Waals surface area contributed by atoms with E-state index in [2.05, 4.69) is 26.6 Å². The fraction of sp³-hybridized carbons (Fsp3) is 0.630. The highest BCUT2D eigenvalue weighted by Crippen LogP contribution is 2.22. The number of hydrogen-bond acceptors (Lipinski definition) is 9. The molecule has 0 spiro atoms. The Bertz CT molecular complexity index is 915. The van der Waals surface area contributed by atoms with Crippen LogP contribution in [0.1, 0.15) is 50.5 Å². The zero-order valence-corrected chi connectivity index (χ0v) is 23.3. The maximum atomic E-state index is 12.5. The van der Waals surface area contributed by atoms with Crippen LogP contribution >= 0.6 is 0 Å². The van der Waals surface area contributed by atoms with Crippen LogP contribution < -0.4 is 38.1 Å². The Morgan fingerprint density at radius 2 is 1.43 bits per heavy atom. The normalized spacial score (nSPS) is 11.5. The molecule has 0 bridgehead atoms.